The van der Waals surface area contributed by atoms with Crippen molar-refractivity contribution in [3.05, 3.63) is 61.2 Å². The second-order valence-electron chi connectivity index (χ2n) is 12.3. The third kappa shape index (κ3) is 6.76. The molecule has 0 aromatic heterocycles. The first-order valence-electron chi connectivity index (χ1n) is 15.8. The van der Waals surface area contributed by atoms with Crippen LogP contribution in [0, 0.1) is 11.8 Å². The lowest BCUT2D eigenvalue weighted by molar-refractivity contribution is -0.160. The number of aliphatic hydroxyl groups excluding tert-OH is 1. The van der Waals surface area contributed by atoms with Crippen LogP contribution in [-0.4, -0.2) is 93.0 Å². The number of carbonyl (C=O) groups excluding carboxylic acids is 4. The van der Waals surface area contributed by atoms with E-state index >= 15 is 0 Å². The van der Waals surface area contributed by atoms with Crippen molar-refractivity contribution in [2.45, 2.75) is 93.6 Å². The maximum atomic E-state index is 14.7. The molecule has 3 aliphatic heterocycles. The molecule has 3 saturated heterocycles. The number of likely N-dealkylation sites (tertiary alicyclic amines) is 1. The highest BCUT2D eigenvalue weighted by Gasteiger charge is 2.77. The quantitative estimate of drug-likeness (QED) is 0.154. The van der Waals surface area contributed by atoms with Gasteiger partial charge in [-0.05, 0) is 38.7 Å². The van der Waals surface area contributed by atoms with Crippen LogP contribution in [0.1, 0.15) is 64.5 Å². The topological polar surface area (TPSA) is 125 Å². The van der Waals surface area contributed by atoms with Crippen molar-refractivity contribution >= 4 is 39.6 Å². The zero-order chi connectivity index (χ0) is 32.9. The van der Waals surface area contributed by atoms with Crippen molar-refractivity contribution in [3.8, 4) is 0 Å². The van der Waals surface area contributed by atoms with Crippen molar-refractivity contribution in [2.24, 2.45) is 11.8 Å². The fourth-order valence-electron chi connectivity index (χ4n) is 7.24. The molecule has 0 saturated carbocycles. The monoisotopic (exact) mass is 687 g/mol. The molecule has 45 heavy (non-hydrogen) atoms. The van der Waals surface area contributed by atoms with Gasteiger partial charge in [0.1, 0.15) is 17.7 Å². The first-order chi connectivity index (χ1) is 21.6. The molecule has 2 bridgehead atoms. The number of carbonyl (C=O) groups is 4. The summed E-state index contributed by atoms with van der Waals surface area (Å²) in [7, 11) is 0. The van der Waals surface area contributed by atoms with Gasteiger partial charge in [0.05, 0.1) is 37.1 Å². The van der Waals surface area contributed by atoms with Gasteiger partial charge < -0.3 is 29.7 Å². The summed E-state index contributed by atoms with van der Waals surface area (Å²) in [6.45, 7) is 13.1. The number of esters is 1. The van der Waals surface area contributed by atoms with E-state index < -0.39 is 60.2 Å². The summed E-state index contributed by atoms with van der Waals surface area (Å²) in [5, 5.41) is 13.5. The molecule has 3 fully saturated rings. The molecule has 3 heterocycles. The number of rotatable bonds is 16. The summed E-state index contributed by atoms with van der Waals surface area (Å²) in [5.41, 5.74) is -0.642. The van der Waals surface area contributed by atoms with E-state index in [1.807, 2.05) is 44.2 Å². The summed E-state index contributed by atoms with van der Waals surface area (Å²) in [6, 6.07) is 7.03. The second-order valence-corrected chi connectivity index (χ2v) is 13.5. The van der Waals surface area contributed by atoms with Crippen LogP contribution in [0.3, 0.4) is 0 Å². The van der Waals surface area contributed by atoms with Crippen molar-refractivity contribution in [1.29, 1.82) is 0 Å². The fraction of sp³-hybridized carbons (Fsp3) is 0.588. The SMILES string of the molecule is C=CCCC(=O)NC[C@H](C)OC(=O)[C@@H]1[C@H]2O[C@@]3(CC2Br)[C@H](C(=O)N(CC=C)C(C)CCC)N([C@H](CO)c2ccccc2)C(=O)[C@@H]13. The minimum Gasteiger partial charge on any atom is -0.460 e. The summed E-state index contributed by atoms with van der Waals surface area (Å²) in [5.74, 6) is -3.49. The summed E-state index contributed by atoms with van der Waals surface area (Å²) >= 11 is 3.69. The Morgan fingerprint density at radius 3 is 2.58 bits per heavy atom. The largest absolute Gasteiger partial charge is 0.460 e. The molecular weight excluding hydrogens is 642 g/mol. The number of alkyl halides is 1. The maximum Gasteiger partial charge on any atom is 0.312 e. The molecule has 9 atom stereocenters. The lowest BCUT2D eigenvalue weighted by Crippen LogP contribution is -2.58. The number of amides is 3. The normalized spacial score (nSPS) is 28.6. The summed E-state index contributed by atoms with van der Waals surface area (Å²) in [6.07, 6.45) is 4.73. The zero-order valence-corrected chi connectivity index (χ0v) is 28.0. The molecule has 3 aliphatic rings. The lowest BCUT2D eigenvalue weighted by atomic mass is 9.70. The molecule has 246 valence electrons. The zero-order valence-electron chi connectivity index (χ0n) is 26.4. The molecule has 11 heteroatoms. The second kappa shape index (κ2) is 15.0. The van der Waals surface area contributed by atoms with Gasteiger partial charge in [0, 0.05) is 23.8 Å². The van der Waals surface area contributed by atoms with Gasteiger partial charge in [0.25, 0.3) is 0 Å². The summed E-state index contributed by atoms with van der Waals surface area (Å²) in [4.78, 5) is 58.1. The van der Waals surface area contributed by atoms with Crippen molar-refractivity contribution < 1.29 is 33.8 Å². The highest BCUT2D eigenvalue weighted by atomic mass is 79.9. The molecule has 2 unspecified atom stereocenters. The van der Waals surface area contributed by atoms with Crippen molar-refractivity contribution in [1.82, 2.24) is 15.1 Å². The van der Waals surface area contributed by atoms with E-state index in [4.69, 9.17) is 9.47 Å². The fourth-order valence-corrected chi connectivity index (χ4v) is 8.18. The molecule has 0 radical (unpaired) electrons. The van der Waals surface area contributed by atoms with Crippen LogP contribution in [0.15, 0.2) is 55.6 Å². The molecule has 3 amide bonds. The van der Waals surface area contributed by atoms with Gasteiger partial charge in [-0.2, -0.15) is 0 Å². The van der Waals surface area contributed by atoms with Crippen LogP contribution in [0.2, 0.25) is 0 Å². The molecule has 2 N–H and O–H groups in total. The van der Waals surface area contributed by atoms with Gasteiger partial charge in [0.2, 0.25) is 17.7 Å². The van der Waals surface area contributed by atoms with Crippen LogP contribution in [0.5, 0.6) is 0 Å². The van der Waals surface area contributed by atoms with Crippen LogP contribution < -0.4 is 5.32 Å². The van der Waals surface area contributed by atoms with Gasteiger partial charge in [-0.25, -0.2) is 0 Å². The van der Waals surface area contributed by atoms with Crippen LogP contribution in [0.25, 0.3) is 0 Å². The Balaban J connectivity index is 1.71. The van der Waals surface area contributed by atoms with E-state index in [1.165, 1.54) is 4.90 Å². The average Bonchev–Trinajstić information content (AvgIpc) is 3.62. The van der Waals surface area contributed by atoms with Crippen molar-refractivity contribution in [3.63, 3.8) is 0 Å². The number of aliphatic hydroxyl groups is 1. The number of hydrogen-bond donors (Lipinski definition) is 2. The lowest BCUT2D eigenvalue weighted by Gasteiger charge is -2.41. The molecular formula is C34H46BrN3O7. The minimum absolute atomic E-state index is 0.112. The number of nitrogens with one attached hydrogen (secondary N) is 1. The van der Waals surface area contributed by atoms with E-state index in [2.05, 4.69) is 34.4 Å². The van der Waals surface area contributed by atoms with E-state index in [0.717, 1.165) is 12.8 Å². The Morgan fingerprint density at radius 1 is 1.24 bits per heavy atom. The summed E-state index contributed by atoms with van der Waals surface area (Å²) < 4.78 is 12.4. The van der Waals surface area contributed by atoms with Crippen LogP contribution in [0.4, 0.5) is 0 Å². The number of fused-ring (bicyclic) bond motifs is 1. The highest BCUT2D eigenvalue weighted by Crippen LogP contribution is 2.61. The number of benzene rings is 1. The molecule has 1 aromatic carbocycles. The third-order valence-electron chi connectivity index (χ3n) is 9.25. The van der Waals surface area contributed by atoms with Crippen LogP contribution >= 0.6 is 15.9 Å². The van der Waals surface area contributed by atoms with E-state index in [0.29, 0.717) is 18.4 Å². The molecule has 1 aromatic rings. The Labute approximate surface area is 274 Å². The van der Waals surface area contributed by atoms with Crippen molar-refractivity contribution in [2.75, 3.05) is 19.7 Å². The Kier molecular flexibility index (Phi) is 11.7. The number of hydrogen-bond acceptors (Lipinski definition) is 7. The predicted octanol–water partition coefficient (Wildman–Crippen LogP) is 3.69. The van der Waals surface area contributed by atoms with Gasteiger partial charge in [0.15, 0.2) is 0 Å². The number of halogens is 1. The molecule has 1 spiro atoms. The standard InChI is InChI=1S/C34H46BrN3O7/c1-6-9-16-26(40)36-19-22(5)44-33(43)27-28-31(41)38(25(20-39)23-14-11-10-12-15-23)30(34(28)18-24(35)29(27)45-34)32(42)37(17-8-3)21(4)13-7-2/h6,8,10-12,14-15,21-22,24-25,27-30,39H,1,3,7,9,13,16-20H2,2,4-5H3,(H,36,40)/t21?,22-,24?,25+,27-,28+,29-,30-,34+/m0/s1. The average molecular weight is 689 g/mol. The number of allylic oxidation sites excluding steroid dienone is 1. The minimum atomic E-state index is -1.31. The smallest absolute Gasteiger partial charge is 0.312 e. The van der Waals surface area contributed by atoms with E-state index in [1.54, 1.807) is 24.0 Å². The molecule has 10 nitrogen and oxygen atoms in total. The predicted molar refractivity (Wildman–Crippen MR) is 173 cm³/mol. The number of ether oxygens (including phenoxy) is 2. The Bertz CT molecular complexity index is 1260. The molecule has 4 rings (SSSR count). The van der Waals surface area contributed by atoms with Gasteiger partial charge in [-0.3, -0.25) is 19.2 Å². The van der Waals surface area contributed by atoms with E-state index in [9.17, 15) is 24.3 Å². The third-order valence-corrected chi connectivity index (χ3v) is 10.1. The van der Waals surface area contributed by atoms with Gasteiger partial charge in [-0.15, -0.1) is 13.2 Å². The van der Waals surface area contributed by atoms with Gasteiger partial charge in [-0.1, -0.05) is 71.8 Å². The first kappa shape index (κ1) is 34.8. The van der Waals surface area contributed by atoms with Gasteiger partial charge >= 0.3 is 5.97 Å². The highest BCUT2D eigenvalue weighted by molar-refractivity contribution is 9.09. The maximum absolute atomic E-state index is 14.7. The molecule has 0 aliphatic carbocycles. The number of nitrogens with zero attached hydrogens (tertiary/aromatic N) is 2. The Hall–Kier alpha value is -3.02. The van der Waals surface area contributed by atoms with E-state index in [-0.39, 0.29) is 42.2 Å². The Morgan fingerprint density at radius 2 is 1.96 bits per heavy atom. The van der Waals surface area contributed by atoms with Crippen LogP contribution in [-0.2, 0) is 28.7 Å². The first-order valence-corrected chi connectivity index (χ1v) is 16.8.